The van der Waals surface area contributed by atoms with Gasteiger partial charge in [0.25, 0.3) is 12.2 Å². The topological polar surface area (TPSA) is 97.7 Å². The van der Waals surface area contributed by atoms with Crippen LogP contribution in [0.15, 0.2) is 18.2 Å². The van der Waals surface area contributed by atoms with Gasteiger partial charge in [0.05, 0.1) is 0 Å². The number of rotatable bonds is 3. The maximum absolute atomic E-state index is 11.7. The minimum absolute atomic E-state index is 0.113. The van der Waals surface area contributed by atoms with Crippen molar-refractivity contribution in [2.45, 2.75) is 13.0 Å². The summed E-state index contributed by atoms with van der Waals surface area (Å²) in [4.78, 5) is 22.5. The standard InChI is InChI=1S/C12H10N2O5/c1-7-2-3-8(4-9(7)18-6-13)14-11(15)10-5-17-12(16)19-10/h2-4,10H,5H2,1H3,(H,14,15). The summed E-state index contributed by atoms with van der Waals surface area (Å²) in [6.45, 7) is 1.66. The van der Waals surface area contributed by atoms with E-state index in [2.05, 4.69) is 14.8 Å². The Hall–Kier alpha value is -2.75. The summed E-state index contributed by atoms with van der Waals surface area (Å²) in [6, 6.07) is 4.85. The van der Waals surface area contributed by atoms with E-state index in [1.807, 2.05) is 0 Å². The smallest absolute Gasteiger partial charge is 0.430 e. The first-order valence-corrected chi connectivity index (χ1v) is 5.41. The number of nitrogens with zero attached hydrogens (tertiary/aromatic N) is 1. The quantitative estimate of drug-likeness (QED) is 0.651. The molecule has 0 aromatic heterocycles. The molecule has 7 heteroatoms. The third-order valence-corrected chi connectivity index (χ3v) is 2.49. The van der Waals surface area contributed by atoms with E-state index in [1.54, 1.807) is 25.3 Å². The number of nitriles is 1. The van der Waals surface area contributed by atoms with E-state index in [4.69, 9.17) is 10.00 Å². The molecular formula is C12H10N2O5. The van der Waals surface area contributed by atoms with Crippen molar-refractivity contribution >= 4 is 17.7 Å². The van der Waals surface area contributed by atoms with Crippen molar-refractivity contribution in [3.05, 3.63) is 23.8 Å². The van der Waals surface area contributed by atoms with Crippen LogP contribution in [0.3, 0.4) is 0 Å². The lowest BCUT2D eigenvalue weighted by Gasteiger charge is -2.10. The average molecular weight is 262 g/mol. The number of anilines is 1. The molecule has 1 amide bonds. The van der Waals surface area contributed by atoms with Gasteiger partial charge in [-0.15, -0.1) is 5.26 Å². The first-order valence-electron chi connectivity index (χ1n) is 5.41. The molecule has 7 nitrogen and oxygen atoms in total. The van der Waals surface area contributed by atoms with E-state index in [1.165, 1.54) is 6.07 Å². The largest absolute Gasteiger partial charge is 0.509 e. The Labute approximate surface area is 108 Å². The Kier molecular flexibility index (Phi) is 3.52. The number of ether oxygens (including phenoxy) is 3. The summed E-state index contributed by atoms with van der Waals surface area (Å²) in [7, 11) is 0. The molecule has 1 atom stereocenters. The van der Waals surface area contributed by atoms with E-state index in [0.717, 1.165) is 5.56 Å². The van der Waals surface area contributed by atoms with Crippen LogP contribution in [0, 0.1) is 18.4 Å². The van der Waals surface area contributed by atoms with Crippen LogP contribution in [-0.2, 0) is 14.3 Å². The Morgan fingerprint density at radius 2 is 2.37 bits per heavy atom. The molecule has 1 unspecified atom stereocenters. The summed E-state index contributed by atoms with van der Waals surface area (Å²) >= 11 is 0. The van der Waals surface area contributed by atoms with Gasteiger partial charge in [-0.2, -0.15) is 0 Å². The number of cyclic esters (lactones) is 2. The first kappa shape index (κ1) is 12.7. The Morgan fingerprint density at radius 3 is 3.00 bits per heavy atom. The number of nitrogens with one attached hydrogen (secondary N) is 1. The predicted octanol–water partition coefficient (Wildman–Crippen LogP) is 1.33. The molecule has 2 rings (SSSR count). The minimum Gasteiger partial charge on any atom is -0.430 e. The van der Waals surface area contributed by atoms with Crippen LogP contribution in [0.4, 0.5) is 10.5 Å². The van der Waals surface area contributed by atoms with Crippen molar-refractivity contribution in [3.63, 3.8) is 0 Å². The number of aryl methyl sites for hydroxylation is 1. The number of benzene rings is 1. The van der Waals surface area contributed by atoms with Crippen LogP contribution in [-0.4, -0.2) is 24.8 Å². The number of carbonyl (C=O) groups is 2. The van der Waals surface area contributed by atoms with Crippen LogP contribution in [0.5, 0.6) is 5.75 Å². The fourth-order valence-corrected chi connectivity index (χ4v) is 1.52. The number of carbonyl (C=O) groups excluding carboxylic acids is 2. The zero-order valence-electron chi connectivity index (χ0n) is 10.0. The lowest BCUT2D eigenvalue weighted by atomic mass is 10.2. The summed E-state index contributed by atoms with van der Waals surface area (Å²) in [5.41, 5.74) is 1.19. The maximum atomic E-state index is 11.7. The molecule has 1 heterocycles. The van der Waals surface area contributed by atoms with Crippen molar-refractivity contribution in [1.82, 2.24) is 0 Å². The molecule has 0 spiro atoms. The third kappa shape index (κ3) is 2.93. The van der Waals surface area contributed by atoms with Gasteiger partial charge >= 0.3 is 6.16 Å². The van der Waals surface area contributed by atoms with Crippen LogP contribution >= 0.6 is 0 Å². The number of hydrogen-bond donors (Lipinski definition) is 1. The fraction of sp³-hybridized carbons (Fsp3) is 0.250. The zero-order valence-corrected chi connectivity index (χ0v) is 10.0. The normalized spacial score (nSPS) is 17.1. The van der Waals surface area contributed by atoms with Gasteiger partial charge in [-0.25, -0.2) is 4.79 Å². The molecule has 1 aromatic carbocycles. The van der Waals surface area contributed by atoms with E-state index in [9.17, 15) is 9.59 Å². The zero-order chi connectivity index (χ0) is 13.8. The first-order chi connectivity index (χ1) is 9.10. The van der Waals surface area contributed by atoms with E-state index in [-0.39, 0.29) is 6.61 Å². The molecule has 1 aliphatic rings. The second-order valence-corrected chi connectivity index (χ2v) is 3.83. The molecule has 1 saturated heterocycles. The summed E-state index contributed by atoms with van der Waals surface area (Å²) in [6.07, 6.45) is -0.263. The SMILES string of the molecule is Cc1ccc(NC(=O)C2COC(=O)O2)cc1OC#N. The van der Waals surface area contributed by atoms with Crippen molar-refractivity contribution in [2.24, 2.45) is 0 Å². The van der Waals surface area contributed by atoms with Crippen molar-refractivity contribution in [1.29, 1.82) is 5.26 Å². The predicted molar refractivity (Wildman–Crippen MR) is 62.3 cm³/mol. The number of amides is 1. The second kappa shape index (κ2) is 5.27. The van der Waals surface area contributed by atoms with Gasteiger partial charge in [0.15, 0.2) is 0 Å². The van der Waals surface area contributed by atoms with Crippen LogP contribution in [0.1, 0.15) is 5.56 Å². The van der Waals surface area contributed by atoms with Gasteiger partial charge in [0.2, 0.25) is 6.10 Å². The maximum Gasteiger partial charge on any atom is 0.509 e. The van der Waals surface area contributed by atoms with Gasteiger partial charge in [0.1, 0.15) is 12.4 Å². The molecule has 19 heavy (non-hydrogen) atoms. The second-order valence-electron chi connectivity index (χ2n) is 3.83. The van der Waals surface area contributed by atoms with Crippen molar-refractivity contribution < 1.29 is 23.8 Å². The highest BCUT2D eigenvalue weighted by Gasteiger charge is 2.31. The van der Waals surface area contributed by atoms with Gasteiger partial charge < -0.3 is 19.5 Å². The van der Waals surface area contributed by atoms with E-state index < -0.39 is 18.2 Å². The van der Waals surface area contributed by atoms with Gasteiger partial charge in [-0.3, -0.25) is 4.79 Å². The molecule has 1 aromatic rings. The molecule has 0 aliphatic carbocycles. The van der Waals surface area contributed by atoms with E-state index >= 15 is 0 Å². The molecule has 1 aliphatic heterocycles. The summed E-state index contributed by atoms with van der Waals surface area (Å²) in [5.74, 6) is -0.155. The highest BCUT2D eigenvalue weighted by molar-refractivity contribution is 5.96. The fourth-order valence-electron chi connectivity index (χ4n) is 1.52. The monoisotopic (exact) mass is 262 g/mol. The molecule has 98 valence electrons. The molecule has 0 radical (unpaired) electrons. The van der Waals surface area contributed by atoms with Gasteiger partial charge in [-0.05, 0) is 18.6 Å². The highest BCUT2D eigenvalue weighted by Crippen LogP contribution is 2.23. The highest BCUT2D eigenvalue weighted by atomic mass is 16.8. The van der Waals surface area contributed by atoms with Crippen molar-refractivity contribution in [3.8, 4) is 12.0 Å². The molecule has 1 fully saturated rings. The Balaban J connectivity index is 2.07. The Bertz CT molecular complexity index is 564. The average Bonchev–Trinajstić information content (AvgIpc) is 2.80. The number of hydrogen-bond acceptors (Lipinski definition) is 6. The van der Waals surface area contributed by atoms with Crippen molar-refractivity contribution in [2.75, 3.05) is 11.9 Å². The molecule has 0 saturated carbocycles. The molecule has 1 N–H and O–H groups in total. The lowest BCUT2D eigenvalue weighted by molar-refractivity contribution is -0.122. The van der Waals surface area contributed by atoms with Gasteiger partial charge in [0, 0.05) is 11.8 Å². The minimum atomic E-state index is -0.964. The Morgan fingerprint density at radius 1 is 1.58 bits per heavy atom. The molecule has 0 bridgehead atoms. The van der Waals surface area contributed by atoms with Crippen LogP contribution in [0.25, 0.3) is 0 Å². The third-order valence-electron chi connectivity index (χ3n) is 2.49. The molecular weight excluding hydrogens is 252 g/mol. The lowest BCUT2D eigenvalue weighted by Crippen LogP contribution is -2.29. The van der Waals surface area contributed by atoms with E-state index in [0.29, 0.717) is 11.4 Å². The summed E-state index contributed by atoms with van der Waals surface area (Å²) in [5, 5.41) is 11.0. The van der Waals surface area contributed by atoms with Crippen LogP contribution < -0.4 is 10.1 Å². The summed E-state index contributed by atoms with van der Waals surface area (Å²) < 4.78 is 13.9. The van der Waals surface area contributed by atoms with Gasteiger partial charge in [-0.1, -0.05) is 6.07 Å². The van der Waals surface area contributed by atoms with Crippen LogP contribution in [0.2, 0.25) is 0 Å².